The van der Waals surface area contributed by atoms with E-state index in [0.717, 1.165) is 46.8 Å². The van der Waals surface area contributed by atoms with Crippen LogP contribution in [-0.2, 0) is 9.59 Å². The fourth-order valence-electron chi connectivity index (χ4n) is 4.16. The van der Waals surface area contributed by atoms with Gasteiger partial charge >= 0.3 is 0 Å². The summed E-state index contributed by atoms with van der Waals surface area (Å²) in [6, 6.07) is 7.86. The summed E-state index contributed by atoms with van der Waals surface area (Å²) in [6.45, 7) is 1.10. The molecule has 0 aromatic carbocycles. The van der Waals surface area contributed by atoms with Crippen LogP contribution in [0.2, 0.25) is 0 Å². The molecule has 2 aliphatic rings. The van der Waals surface area contributed by atoms with Gasteiger partial charge in [-0.3, -0.25) is 9.59 Å². The lowest BCUT2D eigenvalue weighted by molar-refractivity contribution is -0.124. The van der Waals surface area contributed by atoms with Gasteiger partial charge in [-0.1, -0.05) is 12.1 Å². The quantitative estimate of drug-likeness (QED) is 0.360. The van der Waals surface area contributed by atoms with E-state index in [-0.39, 0.29) is 11.8 Å². The topological polar surface area (TPSA) is 40.6 Å². The van der Waals surface area contributed by atoms with Crippen LogP contribution in [0, 0.1) is 24.7 Å². The van der Waals surface area contributed by atoms with Crippen LogP contribution < -0.4 is 0 Å². The van der Waals surface area contributed by atoms with E-state index >= 15 is 0 Å². The molecule has 0 N–H and O–H groups in total. The van der Waals surface area contributed by atoms with Crippen molar-refractivity contribution >= 4 is 45.9 Å². The predicted molar refractivity (Wildman–Crippen MR) is 131 cm³/mol. The summed E-state index contributed by atoms with van der Waals surface area (Å²) in [7, 11) is 0. The molecular formula is C26H24N2O2S2. The van der Waals surface area contributed by atoms with Gasteiger partial charge in [0.25, 0.3) is 11.8 Å². The number of nitrogens with zero attached hydrogens (tertiary/aromatic N) is 2. The van der Waals surface area contributed by atoms with Crippen molar-refractivity contribution in [2.45, 2.75) is 38.5 Å². The molecule has 0 fully saturated rings. The van der Waals surface area contributed by atoms with Gasteiger partial charge in [0.05, 0.1) is 32.3 Å². The van der Waals surface area contributed by atoms with E-state index in [1.807, 2.05) is 35.0 Å². The summed E-state index contributed by atoms with van der Waals surface area (Å²) in [4.78, 5) is 32.9. The van der Waals surface area contributed by atoms with Crippen LogP contribution in [0.4, 0.5) is 0 Å². The molecule has 162 valence electrons. The molecule has 0 atom stereocenters. The van der Waals surface area contributed by atoms with Crippen molar-refractivity contribution in [3.63, 3.8) is 0 Å². The molecule has 2 aromatic rings. The lowest BCUT2D eigenvalue weighted by Gasteiger charge is -2.24. The largest absolute Gasteiger partial charge is 0.306 e. The summed E-state index contributed by atoms with van der Waals surface area (Å²) < 4.78 is 0. The van der Waals surface area contributed by atoms with Gasteiger partial charge in [0.2, 0.25) is 0 Å². The van der Waals surface area contributed by atoms with Gasteiger partial charge in [0.1, 0.15) is 0 Å². The van der Waals surface area contributed by atoms with E-state index in [1.165, 1.54) is 0 Å². The first-order valence-corrected chi connectivity index (χ1v) is 12.5. The van der Waals surface area contributed by atoms with Crippen molar-refractivity contribution in [1.29, 1.82) is 0 Å². The average molecular weight is 461 g/mol. The number of carbonyl (C=O) groups excluding carboxylic acids is 2. The number of hydrogen-bond acceptors (Lipinski definition) is 4. The Morgan fingerprint density at radius 3 is 1.50 bits per heavy atom. The molecule has 0 saturated carbocycles. The molecule has 2 aromatic heterocycles. The van der Waals surface area contributed by atoms with Crippen molar-refractivity contribution in [3.05, 3.63) is 55.9 Å². The molecule has 0 saturated heterocycles. The maximum Gasteiger partial charge on any atom is 0.261 e. The summed E-state index contributed by atoms with van der Waals surface area (Å²) in [5, 5.41) is 3.95. The fraction of sp³-hybridized carbons (Fsp3) is 0.308. The first-order chi connectivity index (χ1) is 15.7. The Morgan fingerprint density at radius 2 is 1.16 bits per heavy atom. The van der Waals surface area contributed by atoms with E-state index in [0.29, 0.717) is 37.1 Å². The maximum absolute atomic E-state index is 13.7. The molecule has 2 amide bonds. The first-order valence-electron chi connectivity index (χ1n) is 10.8. The Bertz CT molecular complexity index is 1050. The Morgan fingerprint density at radius 1 is 0.719 bits per heavy atom. The van der Waals surface area contributed by atoms with Gasteiger partial charge in [-0.2, -0.15) is 0 Å². The van der Waals surface area contributed by atoms with E-state index in [9.17, 15) is 9.59 Å². The van der Waals surface area contributed by atoms with Crippen molar-refractivity contribution in [2.24, 2.45) is 0 Å². The minimum atomic E-state index is -0.0908. The third-order valence-electron chi connectivity index (χ3n) is 5.60. The molecule has 0 bridgehead atoms. The number of unbranched alkanes of at least 4 members (excludes halogenated alkanes) is 4. The Labute approximate surface area is 197 Å². The van der Waals surface area contributed by atoms with Gasteiger partial charge in [0.15, 0.2) is 0 Å². The van der Waals surface area contributed by atoms with Crippen LogP contribution in [-0.4, -0.2) is 34.7 Å². The SMILES string of the molecule is C#CCCCCN1C(=O)C2=C(c3cccs3)N(CCCCC#C)C(=O)C2=C1c1cccs1. The predicted octanol–water partition coefficient (Wildman–Crippen LogP) is 5.22. The molecule has 4 rings (SSSR count). The van der Waals surface area contributed by atoms with Crippen LogP contribution in [0.3, 0.4) is 0 Å². The molecule has 0 radical (unpaired) electrons. The monoisotopic (exact) mass is 460 g/mol. The zero-order valence-electron chi connectivity index (χ0n) is 17.8. The van der Waals surface area contributed by atoms with Gasteiger partial charge < -0.3 is 9.80 Å². The van der Waals surface area contributed by atoms with E-state index in [1.54, 1.807) is 32.5 Å². The van der Waals surface area contributed by atoms with Gasteiger partial charge in [-0.25, -0.2) is 0 Å². The van der Waals surface area contributed by atoms with Crippen LogP contribution >= 0.6 is 22.7 Å². The number of carbonyl (C=O) groups is 2. The molecule has 0 unspecified atom stereocenters. The Balaban J connectivity index is 1.77. The number of terminal acetylenes is 2. The standard InChI is InChI=1S/C26H24N2O2S2/c1-3-5-7-9-15-27-23(19-13-11-17-31-19)21-22(25(27)29)24(20-14-12-18-32-20)28(26(21)30)16-10-8-6-4-2/h1-2,11-14,17-18H,5-10,15-16H2. The second-order valence-electron chi connectivity index (χ2n) is 7.64. The van der Waals surface area contributed by atoms with Crippen molar-refractivity contribution in [3.8, 4) is 24.7 Å². The number of fused-ring (bicyclic) bond motifs is 1. The zero-order valence-corrected chi connectivity index (χ0v) is 19.4. The normalized spacial score (nSPS) is 15.6. The van der Waals surface area contributed by atoms with E-state index in [2.05, 4.69) is 11.8 Å². The van der Waals surface area contributed by atoms with E-state index in [4.69, 9.17) is 12.8 Å². The number of thiophene rings is 2. The third kappa shape index (κ3) is 4.05. The Kier molecular flexibility index (Phi) is 6.95. The summed E-state index contributed by atoms with van der Waals surface area (Å²) in [6.07, 6.45) is 15.4. The fourth-order valence-corrected chi connectivity index (χ4v) is 5.73. The molecule has 32 heavy (non-hydrogen) atoms. The van der Waals surface area contributed by atoms with Crippen molar-refractivity contribution < 1.29 is 9.59 Å². The summed E-state index contributed by atoms with van der Waals surface area (Å²) in [5.74, 6) is 5.13. The minimum absolute atomic E-state index is 0.0908. The molecule has 2 aliphatic heterocycles. The highest BCUT2D eigenvalue weighted by molar-refractivity contribution is 7.11. The van der Waals surface area contributed by atoms with Gasteiger partial charge in [0, 0.05) is 25.9 Å². The molecule has 4 nitrogen and oxygen atoms in total. The lowest BCUT2D eigenvalue weighted by atomic mass is 10.1. The highest BCUT2D eigenvalue weighted by Crippen LogP contribution is 2.48. The highest BCUT2D eigenvalue weighted by Gasteiger charge is 2.48. The smallest absolute Gasteiger partial charge is 0.261 e. The number of amides is 2. The first kappa shape index (κ1) is 22.1. The second-order valence-corrected chi connectivity index (χ2v) is 9.53. The van der Waals surface area contributed by atoms with Gasteiger partial charge in [-0.05, 0) is 48.6 Å². The molecular weight excluding hydrogens is 436 g/mol. The van der Waals surface area contributed by atoms with Crippen LogP contribution in [0.1, 0.15) is 48.3 Å². The second kappa shape index (κ2) is 10.0. The van der Waals surface area contributed by atoms with Gasteiger partial charge in [-0.15, -0.1) is 47.4 Å². The minimum Gasteiger partial charge on any atom is -0.306 e. The van der Waals surface area contributed by atoms with E-state index < -0.39 is 0 Å². The lowest BCUT2D eigenvalue weighted by Crippen LogP contribution is -2.30. The molecule has 6 heteroatoms. The summed E-state index contributed by atoms with van der Waals surface area (Å²) >= 11 is 3.10. The average Bonchev–Trinajstić information content (AvgIpc) is 3.58. The van der Waals surface area contributed by atoms with Crippen LogP contribution in [0.5, 0.6) is 0 Å². The molecule has 0 spiro atoms. The third-order valence-corrected chi connectivity index (χ3v) is 7.35. The number of hydrogen-bond donors (Lipinski definition) is 0. The Hall–Kier alpha value is -3.06. The summed E-state index contributed by atoms with van der Waals surface area (Å²) in [5.41, 5.74) is 2.56. The number of rotatable bonds is 10. The zero-order chi connectivity index (χ0) is 22.5. The van der Waals surface area contributed by atoms with Crippen LogP contribution in [0.15, 0.2) is 46.2 Å². The molecule has 0 aliphatic carbocycles. The van der Waals surface area contributed by atoms with Crippen molar-refractivity contribution in [1.82, 2.24) is 9.80 Å². The van der Waals surface area contributed by atoms with Crippen LogP contribution in [0.25, 0.3) is 11.4 Å². The highest BCUT2D eigenvalue weighted by atomic mass is 32.1. The maximum atomic E-state index is 13.7. The van der Waals surface area contributed by atoms with Crippen molar-refractivity contribution in [2.75, 3.05) is 13.1 Å². The molecule has 4 heterocycles.